The van der Waals surface area contributed by atoms with Crippen LogP contribution in [0.3, 0.4) is 0 Å². The zero-order valence-corrected chi connectivity index (χ0v) is 8.23. The zero-order chi connectivity index (χ0) is 10.6. The van der Waals surface area contributed by atoms with Gasteiger partial charge in [0.1, 0.15) is 11.6 Å². The number of hydrogen-bond acceptors (Lipinski definition) is 3. The molecule has 0 aliphatic carbocycles. The van der Waals surface area contributed by atoms with E-state index in [4.69, 9.17) is 10.00 Å². The Kier molecular flexibility index (Phi) is 3.43. The van der Waals surface area contributed by atoms with E-state index in [1.165, 1.54) is 10.6 Å². The zero-order valence-electron chi connectivity index (χ0n) is 8.23. The van der Waals surface area contributed by atoms with Gasteiger partial charge in [0, 0.05) is 13.3 Å². The van der Waals surface area contributed by atoms with Crippen LogP contribution < -0.4 is 5.56 Å². The van der Waals surface area contributed by atoms with Gasteiger partial charge >= 0.3 is 0 Å². The molecule has 1 aromatic rings. The van der Waals surface area contributed by atoms with Gasteiger partial charge in [-0.15, -0.1) is 0 Å². The number of aromatic nitrogens is 1. The maximum Gasteiger partial charge on any atom is 0.268 e. The van der Waals surface area contributed by atoms with Crippen molar-refractivity contribution in [2.75, 3.05) is 7.11 Å². The van der Waals surface area contributed by atoms with Crippen molar-refractivity contribution in [2.45, 2.75) is 19.6 Å². The van der Waals surface area contributed by atoms with Gasteiger partial charge in [-0.05, 0) is 19.1 Å². The smallest absolute Gasteiger partial charge is 0.268 e. The van der Waals surface area contributed by atoms with E-state index in [-0.39, 0.29) is 17.2 Å². The van der Waals surface area contributed by atoms with Gasteiger partial charge < -0.3 is 9.30 Å². The van der Waals surface area contributed by atoms with Crippen LogP contribution in [0.1, 0.15) is 12.5 Å². The molecule has 0 fully saturated rings. The van der Waals surface area contributed by atoms with Crippen molar-refractivity contribution in [1.29, 1.82) is 5.26 Å². The number of methoxy groups -OCH3 is 1. The van der Waals surface area contributed by atoms with Crippen LogP contribution in [-0.4, -0.2) is 17.8 Å². The summed E-state index contributed by atoms with van der Waals surface area (Å²) in [6, 6.07) is 5.05. The molecule has 0 aromatic carbocycles. The van der Waals surface area contributed by atoms with Crippen molar-refractivity contribution in [2.24, 2.45) is 0 Å². The van der Waals surface area contributed by atoms with Crippen molar-refractivity contribution < 1.29 is 4.74 Å². The van der Waals surface area contributed by atoms with Gasteiger partial charge in [0.15, 0.2) is 0 Å². The van der Waals surface area contributed by atoms with E-state index in [1.807, 2.05) is 13.0 Å². The summed E-state index contributed by atoms with van der Waals surface area (Å²) in [5, 5.41) is 8.64. The predicted molar refractivity (Wildman–Crippen MR) is 51.9 cm³/mol. The molecule has 74 valence electrons. The molecule has 1 atom stereocenters. The Morgan fingerprint density at radius 1 is 1.71 bits per heavy atom. The summed E-state index contributed by atoms with van der Waals surface area (Å²) in [7, 11) is 1.59. The fourth-order valence-corrected chi connectivity index (χ4v) is 1.12. The van der Waals surface area contributed by atoms with Crippen LogP contribution in [-0.2, 0) is 11.3 Å². The summed E-state index contributed by atoms with van der Waals surface area (Å²) >= 11 is 0. The molecule has 1 unspecified atom stereocenters. The van der Waals surface area contributed by atoms with Gasteiger partial charge in [-0.1, -0.05) is 0 Å². The van der Waals surface area contributed by atoms with E-state index in [1.54, 1.807) is 19.4 Å². The average molecular weight is 192 g/mol. The summed E-state index contributed by atoms with van der Waals surface area (Å²) in [4.78, 5) is 11.5. The van der Waals surface area contributed by atoms with E-state index >= 15 is 0 Å². The standard InChI is InChI=1S/C10H12N2O2/c1-8(14-2)7-12-5-3-4-9(6-11)10(12)13/h3-5,8H,7H2,1-2H3. The average Bonchev–Trinajstić information content (AvgIpc) is 2.21. The van der Waals surface area contributed by atoms with Gasteiger partial charge in [0.05, 0.1) is 12.6 Å². The third-order valence-electron chi connectivity index (χ3n) is 2.00. The highest BCUT2D eigenvalue weighted by molar-refractivity contribution is 5.24. The Morgan fingerprint density at radius 2 is 2.43 bits per heavy atom. The molecular formula is C10H12N2O2. The largest absolute Gasteiger partial charge is 0.380 e. The van der Waals surface area contributed by atoms with Crippen molar-refractivity contribution in [3.63, 3.8) is 0 Å². The van der Waals surface area contributed by atoms with Gasteiger partial charge in [-0.25, -0.2) is 0 Å². The number of ether oxygens (including phenoxy) is 1. The van der Waals surface area contributed by atoms with E-state index in [0.717, 1.165) is 0 Å². The second kappa shape index (κ2) is 4.58. The lowest BCUT2D eigenvalue weighted by molar-refractivity contribution is 0.102. The van der Waals surface area contributed by atoms with Gasteiger partial charge in [-0.3, -0.25) is 4.79 Å². The predicted octanol–water partition coefficient (Wildman–Crippen LogP) is 0.755. The molecule has 0 spiro atoms. The summed E-state index contributed by atoms with van der Waals surface area (Å²) in [6.45, 7) is 2.33. The van der Waals surface area contributed by atoms with Crippen LogP contribution in [0.4, 0.5) is 0 Å². The molecule has 1 rings (SSSR count). The molecule has 0 N–H and O–H groups in total. The highest BCUT2D eigenvalue weighted by atomic mass is 16.5. The molecule has 14 heavy (non-hydrogen) atoms. The molecule has 0 amide bonds. The number of rotatable bonds is 3. The number of nitrogens with zero attached hydrogens (tertiary/aromatic N) is 2. The summed E-state index contributed by atoms with van der Waals surface area (Å²) in [5.74, 6) is 0. The Bertz CT molecular complexity index is 403. The van der Waals surface area contributed by atoms with Crippen molar-refractivity contribution in [1.82, 2.24) is 4.57 Å². The fourth-order valence-electron chi connectivity index (χ4n) is 1.12. The Labute approximate surface area is 82.4 Å². The van der Waals surface area contributed by atoms with Crippen LogP contribution in [0.25, 0.3) is 0 Å². The highest BCUT2D eigenvalue weighted by Crippen LogP contribution is 1.94. The van der Waals surface area contributed by atoms with Crippen LogP contribution in [0, 0.1) is 11.3 Å². The second-order valence-corrected chi connectivity index (χ2v) is 3.04. The molecule has 1 heterocycles. The first-order valence-electron chi connectivity index (χ1n) is 4.31. The molecule has 0 saturated heterocycles. The Morgan fingerprint density at radius 3 is 3.00 bits per heavy atom. The minimum atomic E-state index is -0.265. The molecular weight excluding hydrogens is 180 g/mol. The molecule has 0 aliphatic heterocycles. The third-order valence-corrected chi connectivity index (χ3v) is 2.00. The summed E-state index contributed by atoms with van der Waals surface area (Å²) in [6.07, 6.45) is 1.61. The van der Waals surface area contributed by atoms with E-state index < -0.39 is 0 Å². The number of pyridine rings is 1. The lowest BCUT2D eigenvalue weighted by Gasteiger charge is -2.11. The van der Waals surface area contributed by atoms with E-state index in [2.05, 4.69) is 0 Å². The first-order valence-corrected chi connectivity index (χ1v) is 4.31. The Balaban J connectivity index is 3.00. The lowest BCUT2D eigenvalue weighted by Crippen LogP contribution is -2.27. The highest BCUT2D eigenvalue weighted by Gasteiger charge is 2.05. The molecule has 4 heteroatoms. The van der Waals surface area contributed by atoms with Crippen LogP contribution in [0.15, 0.2) is 23.1 Å². The van der Waals surface area contributed by atoms with Gasteiger partial charge in [-0.2, -0.15) is 5.26 Å². The lowest BCUT2D eigenvalue weighted by atomic mass is 10.3. The van der Waals surface area contributed by atoms with Crippen LogP contribution in [0.2, 0.25) is 0 Å². The SMILES string of the molecule is COC(C)Cn1cccc(C#N)c1=O. The minimum absolute atomic E-state index is 0.0401. The third kappa shape index (κ3) is 2.21. The first-order chi connectivity index (χ1) is 6.69. The van der Waals surface area contributed by atoms with E-state index in [0.29, 0.717) is 6.54 Å². The quantitative estimate of drug-likeness (QED) is 0.710. The maximum absolute atomic E-state index is 11.5. The molecule has 0 saturated carbocycles. The molecule has 1 aromatic heterocycles. The topological polar surface area (TPSA) is 55.0 Å². The second-order valence-electron chi connectivity index (χ2n) is 3.04. The van der Waals surface area contributed by atoms with E-state index in [9.17, 15) is 4.79 Å². The van der Waals surface area contributed by atoms with Crippen molar-refractivity contribution in [3.05, 3.63) is 34.2 Å². The maximum atomic E-state index is 11.5. The Hall–Kier alpha value is -1.60. The number of hydrogen-bond donors (Lipinski definition) is 0. The first kappa shape index (κ1) is 10.5. The summed E-state index contributed by atoms with van der Waals surface area (Å²) < 4.78 is 6.52. The molecule has 4 nitrogen and oxygen atoms in total. The fraction of sp³-hybridized carbons (Fsp3) is 0.400. The monoisotopic (exact) mass is 192 g/mol. The van der Waals surface area contributed by atoms with Crippen molar-refractivity contribution in [3.8, 4) is 6.07 Å². The van der Waals surface area contributed by atoms with Crippen LogP contribution >= 0.6 is 0 Å². The summed E-state index contributed by atoms with van der Waals surface area (Å²) in [5.41, 5.74) is -0.102. The van der Waals surface area contributed by atoms with Gasteiger partial charge in [0.25, 0.3) is 5.56 Å². The normalized spacial score (nSPS) is 12.1. The van der Waals surface area contributed by atoms with Crippen LogP contribution in [0.5, 0.6) is 0 Å². The number of nitriles is 1. The molecule has 0 bridgehead atoms. The minimum Gasteiger partial charge on any atom is -0.380 e. The van der Waals surface area contributed by atoms with Crippen molar-refractivity contribution >= 4 is 0 Å². The van der Waals surface area contributed by atoms with Gasteiger partial charge in [0.2, 0.25) is 0 Å². The molecule has 0 radical (unpaired) electrons. The molecule has 0 aliphatic rings.